The van der Waals surface area contributed by atoms with E-state index in [1.165, 1.54) is 7.11 Å². The van der Waals surface area contributed by atoms with Crippen molar-refractivity contribution < 1.29 is 24.5 Å². The van der Waals surface area contributed by atoms with Gasteiger partial charge in [0.05, 0.1) is 11.7 Å². The topological polar surface area (TPSA) is 131 Å². The van der Waals surface area contributed by atoms with Crippen LogP contribution < -0.4 is 11.2 Å². The maximum absolute atomic E-state index is 12.3. The monoisotopic (exact) mass is 402 g/mol. The molecule has 1 aromatic rings. The second-order valence-corrected chi connectivity index (χ2v) is 11.8. The molecule has 0 radical (unpaired) electrons. The molecule has 5 atom stereocenters. The highest BCUT2D eigenvalue weighted by atomic mass is 31.2. The Labute approximate surface area is 156 Å². The van der Waals surface area contributed by atoms with Crippen molar-refractivity contribution in [2.75, 3.05) is 26.6 Å². The number of carbonyl (C=O) groups excluding carboxylic acids is 1. The van der Waals surface area contributed by atoms with Gasteiger partial charge in [0.1, 0.15) is 18.3 Å². The van der Waals surface area contributed by atoms with Gasteiger partial charge >= 0.3 is 5.69 Å². The van der Waals surface area contributed by atoms with Crippen LogP contribution in [0.2, 0.25) is 0 Å². The van der Waals surface area contributed by atoms with Crippen LogP contribution in [0.5, 0.6) is 0 Å². The summed E-state index contributed by atoms with van der Waals surface area (Å²) in [4.78, 5) is 37.7. The Morgan fingerprint density at radius 2 is 2.11 bits per heavy atom. The molecule has 9 nitrogen and oxygen atoms in total. The summed E-state index contributed by atoms with van der Waals surface area (Å²) >= 11 is 0. The average Bonchev–Trinajstić information content (AvgIpc) is 2.87. The number of aromatic amines is 1. The molecular weight excluding hydrogens is 375 g/mol. The highest BCUT2D eigenvalue weighted by molar-refractivity contribution is 7.72. The molecule has 0 aliphatic carbocycles. The minimum atomic E-state index is -1.67. The number of methoxy groups -OCH3 is 1. The summed E-state index contributed by atoms with van der Waals surface area (Å²) in [5, 5.41) is 20.5. The van der Waals surface area contributed by atoms with E-state index in [9.17, 15) is 24.6 Å². The predicted molar refractivity (Wildman–Crippen MR) is 103 cm³/mol. The predicted octanol–water partition coefficient (Wildman–Crippen LogP) is -0.468. The third-order valence-corrected chi connectivity index (χ3v) is 6.02. The maximum Gasteiger partial charge on any atom is 0.330 e. The van der Waals surface area contributed by atoms with E-state index in [4.69, 9.17) is 9.47 Å². The van der Waals surface area contributed by atoms with E-state index < -0.39 is 54.6 Å². The molecule has 152 valence electrons. The fourth-order valence-electron chi connectivity index (χ4n) is 3.02. The van der Waals surface area contributed by atoms with Gasteiger partial charge in [-0.25, -0.2) is 4.79 Å². The van der Waals surface area contributed by atoms with Crippen molar-refractivity contribution in [3.05, 3.63) is 32.6 Å². The largest absolute Gasteiger partial charge is 0.388 e. The third-order valence-electron chi connectivity index (χ3n) is 4.55. The van der Waals surface area contributed by atoms with Crippen LogP contribution in [0.15, 0.2) is 15.8 Å². The van der Waals surface area contributed by atoms with E-state index >= 15 is 0 Å². The lowest BCUT2D eigenvalue weighted by atomic mass is 10.1. The normalized spacial score (nSPS) is 26.9. The van der Waals surface area contributed by atoms with Crippen LogP contribution in [-0.4, -0.2) is 76.8 Å². The first-order valence-corrected chi connectivity index (χ1v) is 11.6. The van der Waals surface area contributed by atoms with Crippen molar-refractivity contribution in [3.8, 4) is 0 Å². The van der Waals surface area contributed by atoms with E-state index in [1.807, 2.05) is 0 Å². The van der Waals surface area contributed by atoms with Gasteiger partial charge in [-0.3, -0.25) is 19.1 Å². The van der Waals surface area contributed by atoms with Crippen molar-refractivity contribution in [2.24, 2.45) is 0 Å². The van der Waals surface area contributed by atoms with Crippen molar-refractivity contribution in [2.45, 2.75) is 44.0 Å². The first kappa shape index (κ1) is 21.8. The van der Waals surface area contributed by atoms with Gasteiger partial charge in [-0.1, -0.05) is 0 Å². The highest BCUT2D eigenvalue weighted by Gasteiger charge is 2.45. The van der Waals surface area contributed by atoms with Crippen LogP contribution in [0.25, 0.3) is 0 Å². The van der Waals surface area contributed by atoms with Crippen LogP contribution in [0.4, 0.5) is 0 Å². The molecular formula is C17H27N2O7P. The number of ketones is 1. The molecule has 1 unspecified atom stereocenters. The number of carbonyl (C=O) groups is 1. The smallest absolute Gasteiger partial charge is 0.330 e. The summed E-state index contributed by atoms with van der Waals surface area (Å²) < 4.78 is 12.2. The van der Waals surface area contributed by atoms with Gasteiger partial charge in [0.15, 0.2) is 12.0 Å². The molecule has 1 aromatic heterocycles. The van der Waals surface area contributed by atoms with Crippen LogP contribution in [-0.2, 0) is 14.3 Å². The van der Waals surface area contributed by atoms with E-state index in [0.717, 1.165) is 23.8 Å². The Balaban J connectivity index is 2.39. The quantitative estimate of drug-likeness (QED) is 0.526. The number of hydrogen-bond acceptors (Lipinski definition) is 7. The molecule has 0 spiro atoms. The van der Waals surface area contributed by atoms with E-state index in [0.29, 0.717) is 6.42 Å². The van der Waals surface area contributed by atoms with Gasteiger partial charge in [0, 0.05) is 13.3 Å². The molecule has 0 saturated carbocycles. The van der Waals surface area contributed by atoms with Crippen LogP contribution >= 0.6 is 6.89 Å². The van der Waals surface area contributed by atoms with Gasteiger partial charge in [-0.05, 0) is 32.8 Å². The Morgan fingerprint density at radius 3 is 2.63 bits per heavy atom. The number of aliphatic hydroxyl groups is 2. The third kappa shape index (κ3) is 4.86. The molecule has 1 saturated heterocycles. The van der Waals surface area contributed by atoms with Gasteiger partial charge < -0.3 is 19.7 Å². The van der Waals surface area contributed by atoms with Crippen molar-refractivity contribution in [1.29, 1.82) is 0 Å². The van der Waals surface area contributed by atoms with Crippen molar-refractivity contribution >= 4 is 19.0 Å². The lowest BCUT2D eigenvalue weighted by Gasteiger charge is -2.21. The fourth-order valence-corrected chi connectivity index (χ4v) is 3.97. The minimum absolute atomic E-state index is 0.275. The summed E-state index contributed by atoms with van der Waals surface area (Å²) in [6.07, 6.45) is 1.46. The molecule has 27 heavy (non-hydrogen) atoms. The number of aromatic nitrogens is 2. The van der Waals surface area contributed by atoms with Crippen molar-refractivity contribution in [3.63, 3.8) is 0 Å². The Morgan fingerprint density at radius 1 is 1.48 bits per heavy atom. The zero-order chi connectivity index (χ0) is 20.5. The summed E-state index contributed by atoms with van der Waals surface area (Å²) in [5.74, 6) is -0.638. The second-order valence-electron chi connectivity index (χ2n) is 7.47. The maximum atomic E-state index is 12.3. The number of nitrogens with one attached hydrogen (secondary N) is 1. The molecule has 1 aliphatic rings. The van der Waals surface area contributed by atoms with Crippen LogP contribution in [0.1, 0.15) is 31.2 Å². The summed E-state index contributed by atoms with van der Waals surface area (Å²) in [7, 11) is 1.38. The molecule has 10 heteroatoms. The number of ether oxygens (including phenoxy) is 2. The minimum Gasteiger partial charge on any atom is -0.388 e. The van der Waals surface area contributed by atoms with Crippen LogP contribution in [0.3, 0.4) is 0 Å². The molecule has 2 heterocycles. The van der Waals surface area contributed by atoms with E-state index in [2.05, 4.69) is 24.6 Å². The van der Waals surface area contributed by atoms with Crippen LogP contribution in [0, 0.1) is 0 Å². The molecule has 2 rings (SSSR count). The summed E-state index contributed by atoms with van der Waals surface area (Å²) in [6, 6.07) is 0. The van der Waals surface area contributed by atoms with E-state index in [1.54, 1.807) is 0 Å². The Bertz CT molecular complexity index is 856. The molecule has 3 N–H and O–H groups in total. The average molecular weight is 402 g/mol. The summed E-state index contributed by atoms with van der Waals surface area (Å²) in [5.41, 5.74) is -1.92. The first-order chi connectivity index (χ1) is 12.5. The molecule has 1 aliphatic heterocycles. The number of Topliss-reactive ketones (excluding diaryl/α,β-unsaturated/α-hetero) is 1. The molecule has 0 amide bonds. The van der Waals surface area contributed by atoms with Crippen molar-refractivity contribution in [1.82, 2.24) is 9.55 Å². The fraction of sp³-hybridized carbons (Fsp3) is 0.647. The standard InChI is InChI=1S/C17H27N2O7P/c1-9(20)12(21)10-8-19(17(24)18-15(10)23)16-14(25-2)13(22)11(26-16)6-7-27(3,4)5/h8,11-14,16,21-22H,3,6-7H2,1-2,4-5H3,(H,18,23,24)/t11-,12?,13-,14-,16-/m1/s1. The molecule has 0 bridgehead atoms. The zero-order valence-corrected chi connectivity index (χ0v) is 16.8. The Kier molecular flexibility index (Phi) is 6.65. The number of nitrogens with zero attached hydrogens (tertiary/aromatic N) is 1. The highest BCUT2D eigenvalue weighted by Crippen LogP contribution is 2.39. The summed E-state index contributed by atoms with van der Waals surface area (Å²) in [6.45, 7) is 3.94. The Hall–Kier alpha value is -1.51. The van der Waals surface area contributed by atoms with Gasteiger partial charge in [-0.2, -0.15) is 0 Å². The lowest BCUT2D eigenvalue weighted by Crippen LogP contribution is -2.40. The molecule has 0 aromatic carbocycles. The number of H-pyrrole nitrogens is 1. The van der Waals surface area contributed by atoms with Gasteiger partial charge in [0.25, 0.3) is 5.56 Å². The number of aliphatic hydroxyl groups excluding tert-OH is 2. The van der Waals surface area contributed by atoms with E-state index in [-0.39, 0.29) is 5.56 Å². The second kappa shape index (κ2) is 8.24. The first-order valence-electron chi connectivity index (χ1n) is 8.54. The molecule has 1 fully saturated rings. The SMILES string of the molecule is C=P(C)(C)CC[C@H]1O[C@@H](n2cc(C(O)C(C)=O)c(=O)[nH]c2=O)[C@H](OC)[C@@H]1O. The van der Waals surface area contributed by atoms with Gasteiger partial charge in [-0.15, -0.1) is 13.2 Å². The number of hydrogen-bond donors (Lipinski definition) is 3. The zero-order valence-electron chi connectivity index (χ0n) is 15.9. The lowest BCUT2D eigenvalue weighted by molar-refractivity contribution is -0.125. The number of rotatable bonds is 7. The van der Waals surface area contributed by atoms with Gasteiger partial charge in [0.2, 0.25) is 0 Å².